The lowest BCUT2D eigenvalue weighted by Crippen LogP contribution is -2.35. The number of aliphatic hydroxyl groups excluding tert-OH is 1. The number of benzene rings is 1. The van der Waals surface area contributed by atoms with Crippen LogP contribution in [0.3, 0.4) is 0 Å². The van der Waals surface area contributed by atoms with Gasteiger partial charge in [0.25, 0.3) is 0 Å². The van der Waals surface area contributed by atoms with Crippen LogP contribution in [0.1, 0.15) is 45.6 Å². The van der Waals surface area contributed by atoms with E-state index >= 15 is 0 Å². The Hall–Kier alpha value is -0.0500. The summed E-state index contributed by atoms with van der Waals surface area (Å²) in [5.74, 6) is 1.01. The summed E-state index contributed by atoms with van der Waals surface area (Å²) in [6.45, 7) is 6.91. The molecular formula is C17H24BrClO. The van der Waals surface area contributed by atoms with Crippen molar-refractivity contribution in [2.45, 2.75) is 52.6 Å². The zero-order chi connectivity index (χ0) is 14.9. The zero-order valence-electron chi connectivity index (χ0n) is 12.5. The summed E-state index contributed by atoms with van der Waals surface area (Å²) in [7, 11) is 0. The van der Waals surface area contributed by atoms with Gasteiger partial charge in [-0.3, -0.25) is 0 Å². The van der Waals surface area contributed by atoms with E-state index in [0.717, 1.165) is 40.7 Å². The van der Waals surface area contributed by atoms with Gasteiger partial charge in [0.05, 0.1) is 6.10 Å². The average molecular weight is 360 g/mol. The van der Waals surface area contributed by atoms with Crippen LogP contribution in [0.5, 0.6) is 0 Å². The normalized spacial score (nSPS) is 27.6. The van der Waals surface area contributed by atoms with E-state index in [-0.39, 0.29) is 6.10 Å². The Morgan fingerprint density at radius 3 is 2.60 bits per heavy atom. The molecule has 1 aliphatic rings. The summed E-state index contributed by atoms with van der Waals surface area (Å²) in [4.78, 5) is 0. The molecule has 0 bridgehead atoms. The van der Waals surface area contributed by atoms with Crippen LogP contribution in [0.15, 0.2) is 22.7 Å². The second-order valence-electron chi connectivity index (χ2n) is 7.14. The van der Waals surface area contributed by atoms with Gasteiger partial charge >= 0.3 is 0 Å². The third-order valence-electron chi connectivity index (χ3n) is 4.66. The lowest BCUT2D eigenvalue weighted by Gasteiger charge is -2.40. The molecule has 0 amide bonds. The Morgan fingerprint density at radius 2 is 2.00 bits per heavy atom. The van der Waals surface area contributed by atoms with E-state index in [2.05, 4.69) is 42.8 Å². The van der Waals surface area contributed by atoms with E-state index in [1.807, 2.05) is 12.1 Å². The zero-order valence-corrected chi connectivity index (χ0v) is 14.8. The van der Waals surface area contributed by atoms with Crippen molar-refractivity contribution in [3.8, 4) is 0 Å². The summed E-state index contributed by atoms with van der Waals surface area (Å²) >= 11 is 9.75. The van der Waals surface area contributed by atoms with E-state index in [1.165, 1.54) is 0 Å². The highest BCUT2D eigenvalue weighted by molar-refractivity contribution is 9.10. The van der Waals surface area contributed by atoms with Crippen molar-refractivity contribution in [1.82, 2.24) is 0 Å². The minimum Gasteiger partial charge on any atom is -0.393 e. The van der Waals surface area contributed by atoms with Gasteiger partial charge in [-0.05, 0) is 60.6 Å². The topological polar surface area (TPSA) is 20.2 Å². The van der Waals surface area contributed by atoms with Crippen molar-refractivity contribution in [1.29, 1.82) is 0 Å². The first-order valence-electron chi connectivity index (χ1n) is 7.39. The third-order valence-corrected chi connectivity index (χ3v) is 5.51. The number of rotatable bonds is 2. The maximum Gasteiger partial charge on any atom is 0.0571 e. The fourth-order valence-corrected chi connectivity index (χ4v) is 3.97. The number of halogens is 2. The largest absolute Gasteiger partial charge is 0.393 e. The van der Waals surface area contributed by atoms with E-state index in [9.17, 15) is 5.11 Å². The Labute approximate surface area is 135 Å². The van der Waals surface area contributed by atoms with Crippen molar-refractivity contribution in [2.75, 3.05) is 0 Å². The van der Waals surface area contributed by atoms with Gasteiger partial charge in [-0.25, -0.2) is 0 Å². The quantitative estimate of drug-likeness (QED) is 0.742. The van der Waals surface area contributed by atoms with Crippen LogP contribution in [0.25, 0.3) is 0 Å². The molecule has 0 spiro atoms. The molecule has 1 saturated carbocycles. The molecule has 3 heteroatoms. The summed E-state index contributed by atoms with van der Waals surface area (Å²) in [5.41, 5.74) is 1.47. The third kappa shape index (κ3) is 3.99. The molecule has 0 aliphatic heterocycles. The molecule has 2 rings (SSSR count). The van der Waals surface area contributed by atoms with Crippen LogP contribution in [0.2, 0.25) is 5.02 Å². The molecule has 1 N–H and O–H groups in total. The van der Waals surface area contributed by atoms with Crippen molar-refractivity contribution >= 4 is 27.5 Å². The van der Waals surface area contributed by atoms with Crippen LogP contribution >= 0.6 is 27.5 Å². The number of hydrogen-bond donors (Lipinski definition) is 1. The maximum atomic E-state index is 10.3. The van der Waals surface area contributed by atoms with Crippen LogP contribution in [-0.2, 0) is 6.42 Å². The first-order valence-corrected chi connectivity index (χ1v) is 8.56. The number of hydrogen-bond acceptors (Lipinski definition) is 1. The first-order chi connectivity index (χ1) is 9.27. The molecule has 1 nitrogen and oxygen atoms in total. The molecule has 1 aromatic carbocycles. The smallest absolute Gasteiger partial charge is 0.0571 e. The van der Waals surface area contributed by atoms with Crippen molar-refractivity contribution in [2.24, 2.45) is 17.3 Å². The molecule has 0 aromatic heterocycles. The van der Waals surface area contributed by atoms with E-state index in [1.54, 1.807) is 0 Å². The predicted octanol–water partition coefficient (Wildman–Crippen LogP) is 5.47. The Bertz CT molecular complexity index is 467. The Morgan fingerprint density at radius 1 is 1.30 bits per heavy atom. The summed E-state index contributed by atoms with van der Waals surface area (Å²) < 4.78 is 1.00. The van der Waals surface area contributed by atoms with Crippen molar-refractivity contribution in [3.05, 3.63) is 33.3 Å². The fourth-order valence-electron chi connectivity index (χ4n) is 3.22. The van der Waals surface area contributed by atoms with Gasteiger partial charge in [0.2, 0.25) is 0 Å². The highest BCUT2D eigenvalue weighted by Gasteiger charge is 2.35. The monoisotopic (exact) mass is 358 g/mol. The lowest BCUT2D eigenvalue weighted by molar-refractivity contribution is 0.0196. The molecule has 0 saturated heterocycles. The Kier molecular flexibility index (Phi) is 5.20. The van der Waals surface area contributed by atoms with Gasteiger partial charge in [-0.15, -0.1) is 0 Å². The molecule has 1 aliphatic carbocycles. The minimum absolute atomic E-state index is 0.187. The highest BCUT2D eigenvalue weighted by Crippen LogP contribution is 2.41. The molecule has 0 radical (unpaired) electrons. The van der Waals surface area contributed by atoms with Crippen molar-refractivity contribution in [3.63, 3.8) is 0 Å². The molecule has 112 valence electrons. The molecule has 3 unspecified atom stereocenters. The SMILES string of the molecule is CC(C)(C)C1CCC(O)C(Cc2ccc(Br)cc2Cl)C1. The average Bonchev–Trinajstić information content (AvgIpc) is 2.33. The standard InChI is InChI=1S/C17H24BrClO/c1-17(2,3)13-5-7-16(20)12(9-13)8-11-4-6-14(18)10-15(11)19/h4,6,10,12-13,16,20H,5,7-9H2,1-3H3. The summed E-state index contributed by atoms with van der Waals surface area (Å²) in [6, 6.07) is 6.03. The molecule has 1 aromatic rings. The number of aliphatic hydroxyl groups is 1. The highest BCUT2D eigenvalue weighted by atomic mass is 79.9. The minimum atomic E-state index is -0.187. The van der Waals surface area contributed by atoms with E-state index in [0.29, 0.717) is 17.3 Å². The lowest BCUT2D eigenvalue weighted by atomic mass is 9.67. The van der Waals surface area contributed by atoms with Gasteiger partial charge in [0.15, 0.2) is 0 Å². The fraction of sp³-hybridized carbons (Fsp3) is 0.647. The molecule has 1 fully saturated rings. The summed E-state index contributed by atoms with van der Waals surface area (Å²) in [6.07, 6.45) is 3.83. The van der Waals surface area contributed by atoms with Crippen LogP contribution in [0, 0.1) is 17.3 Å². The van der Waals surface area contributed by atoms with Gasteiger partial charge in [-0.1, -0.05) is 54.4 Å². The molecule has 3 atom stereocenters. The van der Waals surface area contributed by atoms with E-state index < -0.39 is 0 Å². The van der Waals surface area contributed by atoms with Crippen LogP contribution < -0.4 is 0 Å². The Balaban J connectivity index is 2.10. The second-order valence-corrected chi connectivity index (χ2v) is 8.47. The predicted molar refractivity (Wildman–Crippen MR) is 89.1 cm³/mol. The molecule has 20 heavy (non-hydrogen) atoms. The maximum absolute atomic E-state index is 10.3. The van der Waals surface area contributed by atoms with Crippen molar-refractivity contribution < 1.29 is 5.11 Å². The van der Waals surface area contributed by atoms with Gasteiger partial charge in [0.1, 0.15) is 0 Å². The second kappa shape index (κ2) is 6.37. The van der Waals surface area contributed by atoms with Gasteiger partial charge in [-0.2, -0.15) is 0 Å². The van der Waals surface area contributed by atoms with E-state index in [4.69, 9.17) is 11.6 Å². The first kappa shape index (κ1) is 16.3. The van der Waals surface area contributed by atoms with Crippen LogP contribution in [0.4, 0.5) is 0 Å². The molecule has 0 heterocycles. The summed E-state index contributed by atoms with van der Waals surface area (Å²) in [5, 5.41) is 11.1. The van der Waals surface area contributed by atoms with Gasteiger partial charge in [0, 0.05) is 9.50 Å². The van der Waals surface area contributed by atoms with Crippen LogP contribution in [-0.4, -0.2) is 11.2 Å². The van der Waals surface area contributed by atoms with Gasteiger partial charge < -0.3 is 5.11 Å². The molecular weight excluding hydrogens is 336 g/mol.